The van der Waals surface area contributed by atoms with Crippen LogP contribution in [0.1, 0.15) is 44.9 Å². The monoisotopic (exact) mass is 376 g/mol. The van der Waals surface area contributed by atoms with E-state index in [-0.39, 0.29) is 17.9 Å². The van der Waals surface area contributed by atoms with Crippen LogP contribution in [0.3, 0.4) is 0 Å². The molecule has 144 valence electrons. The maximum absolute atomic E-state index is 12.8. The summed E-state index contributed by atoms with van der Waals surface area (Å²) in [6.45, 7) is 5.17. The molecule has 3 aromatic rings. The second kappa shape index (κ2) is 7.50. The van der Waals surface area contributed by atoms with Crippen LogP contribution in [0, 0.1) is 13.8 Å². The Morgan fingerprint density at radius 2 is 1.71 bits per heavy atom. The number of piperidine rings is 1. The lowest BCUT2D eigenvalue weighted by Crippen LogP contribution is -2.46. The highest BCUT2D eigenvalue weighted by atomic mass is 16.3. The van der Waals surface area contributed by atoms with Crippen LogP contribution in [-0.2, 0) is 0 Å². The van der Waals surface area contributed by atoms with Gasteiger partial charge in [-0.3, -0.25) is 9.59 Å². The molecule has 4 rings (SSSR count). The molecule has 1 N–H and O–H groups in total. The van der Waals surface area contributed by atoms with E-state index in [2.05, 4.69) is 5.32 Å². The molecule has 2 aromatic carbocycles. The molecule has 2 heterocycles. The average molecular weight is 376 g/mol. The van der Waals surface area contributed by atoms with Crippen LogP contribution in [0.5, 0.6) is 0 Å². The number of amides is 2. The number of furan rings is 1. The van der Waals surface area contributed by atoms with E-state index in [9.17, 15) is 9.59 Å². The minimum absolute atomic E-state index is 0.0426. The number of fused-ring (bicyclic) bond motifs is 1. The molecule has 0 atom stereocenters. The summed E-state index contributed by atoms with van der Waals surface area (Å²) < 4.78 is 5.87. The SMILES string of the molecule is Cc1c(C(=O)NC2CCN(C(=O)c3ccccc3)CC2)oc2c(C)cccc12. The van der Waals surface area contributed by atoms with Gasteiger partial charge in [0.2, 0.25) is 0 Å². The molecule has 0 aliphatic carbocycles. The first-order valence-electron chi connectivity index (χ1n) is 9.68. The quantitative estimate of drug-likeness (QED) is 0.749. The van der Waals surface area contributed by atoms with Gasteiger partial charge in [0.05, 0.1) is 0 Å². The number of aryl methyl sites for hydroxylation is 2. The fourth-order valence-corrected chi connectivity index (χ4v) is 3.84. The van der Waals surface area contributed by atoms with Crippen LogP contribution < -0.4 is 5.32 Å². The zero-order valence-corrected chi connectivity index (χ0v) is 16.2. The maximum atomic E-state index is 12.8. The summed E-state index contributed by atoms with van der Waals surface area (Å²) in [4.78, 5) is 27.2. The Bertz CT molecular complexity index is 1020. The molecule has 0 bridgehead atoms. The van der Waals surface area contributed by atoms with Gasteiger partial charge in [0.15, 0.2) is 5.76 Å². The average Bonchev–Trinajstić information content (AvgIpc) is 3.07. The molecule has 0 saturated carbocycles. The van der Waals surface area contributed by atoms with Crippen LogP contribution in [-0.4, -0.2) is 35.8 Å². The van der Waals surface area contributed by atoms with Crippen molar-refractivity contribution in [3.8, 4) is 0 Å². The predicted molar refractivity (Wildman–Crippen MR) is 109 cm³/mol. The van der Waals surface area contributed by atoms with Gasteiger partial charge < -0.3 is 14.6 Å². The van der Waals surface area contributed by atoms with Gasteiger partial charge in [0.1, 0.15) is 5.58 Å². The second-order valence-corrected chi connectivity index (χ2v) is 7.41. The first-order chi connectivity index (χ1) is 13.5. The first kappa shape index (κ1) is 18.3. The predicted octanol–water partition coefficient (Wildman–Crippen LogP) is 4.08. The van der Waals surface area contributed by atoms with Gasteiger partial charge in [-0.2, -0.15) is 0 Å². The van der Waals surface area contributed by atoms with E-state index in [4.69, 9.17) is 4.42 Å². The number of likely N-dealkylation sites (tertiary alicyclic amines) is 1. The van der Waals surface area contributed by atoms with Crippen LogP contribution in [0.2, 0.25) is 0 Å². The lowest BCUT2D eigenvalue weighted by Gasteiger charge is -2.32. The summed E-state index contributed by atoms with van der Waals surface area (Å²) >= 11 is 0. The number of hydrogen-bond donors (Lipinski definition) is 1. The largest absolute Gasteiger partial charge is 0.450 e. The number of para-hydroxylation sites is 1. The zero-order valence-electron chi connectivity index (χ0n) is 16.2. The summed E-state index contributed by atoms with van der Waals surface area (Å²) in [5.74, 6) is 0.252. The highest BCUT2D eigenvalue weighted by molar-refractivity contribution is 5.99. The Hall–Kier alpha value is -3.08. The summed E-state index contributed by atoms with van der Waals surface area (Å²) in [6, 6.07) is 15.3. The van der Waals surface area contributed by atoms with Crippen molar-refractivity contribution in [3.05, 3.63) is 71.0 Å². The van der Waals surface area contributed by atoms with E-state index in [1.807, 2.05) is 67.3 Å². The third-order valence-electron chi connectivity index (χ3n) is 5.50. The van der Waals surface area contributed by atoms with Crippen molar-refractivity contribution in [1.29, 1.82) is 0 Å². The third-order valence-corrected chi connectivity index (χ3v) is 5.50. The molecule has 1 aliphatic heterocycles. The van der Waals surface area contributed by atoms with Gasteiger partial charge in [0, 0.05) is 35.6 Å². The van der Waals surface area contributed by atoms with Gasteiger partial charge in [-0.1, -0.05) is 36.4 Å². The first-order valence-corrected chi connectivity index (χ1v) is 9.68. The Labute approximate surface area is 164 Å². The highest BCUT2D eigenvalue weighted by Crippen LogP contribution is 2.28. The molecule has 0 spiro atoms. The van der Waals surface area contributed by atoms with E-state index in [0.717, 1.165) is 34.9 Å². The lowest BCUT2D eigenvalue weighted by molar-refractivity contribution is 0.0696. The molecular weight excluding hydrogens is 352 g/mol. The summed E-state index contributed by atoms with van der Waals surface area (Å²) in [5.41, 5.74) is 3.37. The molecule has 28 heavy (non-hydrogen) atoms. The molecule has 0 radical (unpaired) electrons. The van der Waals surface area contributed by atoms with Crippen LogP contribution in [0.25, 0.3) is 11.0 Å². The number of benzene rings is 2. The van der Waals surface area contributed by atoms with E-state index < -0.39 is 0 Å². The van der Waals surface area contributed by atoms with Crippen molar-refractivity contribution in [1.82, 2.24) is 10.2 Å². The molecule has 1 fully saturated rings. The summed E-state index contributed by atoms with van der Waals surface area (Å²) in [7, 11) is 0. The Balaban J connectivity index is 1.40. The molecule has 5 nitrogen and oxygen atoms in total. The van der Waals surface area contributed by atoms with Crippen molar-refractivity contribution in [2.75, 3.05) is 13.1 Å². The Kier molecular flexibility index (Phi) is 4.90. The van der Waals surface area contributed by atoms with Crippen LogP contribution >= 0.6 is 0 Å². The van der Waals surface area contributed by atoms with Crippen LogP contribution in [0.15, 0.2) is 52.9 Å². The van der Waals surface area contributed by atoms with Crippen molar-refractivity contribution in [3.63, 3.8) is 0 Å². The maximum Gasteiger partial charge on any atom is 0.287 e. The minimum atomic E-state index is -0.180. The number of rotatable bonds is 3. The normalized spacial score (nSPS) is 15.0. The van der Waals surface area contributed by atoms with E-state index >= 15 is 0 Å². The molecular formula is C23H24N2O3. The van der Waals surface area contributed by atoms with Gasteiger partial charge in [-0.05, 0) is 44.4 Å². The third kappa shape index (κ3) is 3.40. The zero-order chi connectivity index (χ0) is 19.7. The minimum Gasteiger partial charge on any atom is -0.450 e. The topological polar surface area (TPSA) is 62.6 Å². The van der Waals surface area contributed by atoms with E-state index in [0.29, 0.717) is 24.4 Å². The van der Waals surface area contributed by atoms with Crippen molar-refractivity contribution < 1.29 is 14.0 Å². The van der Waals surface area contributed by atoms with Crippen molar-refractivity contribution in [2.24, 2.45) is 0 Å². The Morgan fingerprint density at radius 3 is 2.39 bits per heavy atom. The van der Waals surface area contributed by atoms with E-state index in [1.165, 1.54) is 0 Å². The van der Waals surface area contributed by atoms with Crippen LogP contribution in [0.4, 0.5) is 0 Å². The number of carbonyl (C=O) groups excluding carboxylic acids is 2. The van der Waals surface area contributed by atoms with Crippen molar-refractivity contribution in [2.45, 2.75) is 32.7 Å². The number of nitrogens with zero attached hydrogens (tertiary/aromatic N) is 1. The second-order valence-electron chi connectivity index (χ2n) is 7.41. The number of hydrogen-bond acceptors (Lipinski definition) is 3. The lowest BCUT2D eigenvalue weighted by atomic mass is 10.0. The van der Waals surface area contributed by atoms with Gasteiger partial charge >= 0.3 is 0 Å². The molecule has 2 amide bonds. The fraction of sp³-hybridized carbons (Fsp3) is 0.304. The standard InChI is InChI=1S/C23H24N2O3/c1-15-7-6-10-19-16(2)21(28-20(15)19)22(26)24-18-11-13-25(14-12-18)23(27)17-8-4-3-5-9-17/h3-10,18H,11-14H2,1-2H3,(H,24,26). The smallest absolute Gasteiger partial charge is 0.287 e. The van der Waals surface area contributed by atoms with Gasteiger partial charge in [0.25, 0.3) is 11.8 Å². The summed E-state index contributed by atoms with van der Waals surface area (Å²) in [6.07, 6.45) is 1.48. The molecule has 0 unspecified atom stereocenters. The van der Waals surface area contributed by atoms with E-state index in [1.54, 1.807) is 0 Å². The summed E-state index contributed by atoms with van der Waals surface area (Å²) in [5, 5.41) is 4.07. The highest BCUT2D eigenvalue weighted by Gasteiger charge is 2.26. The fourth-order valence-electron chi connectivity index (χ4n) is 3.84. The molecule has 1 aliphatic rings. The van der Waals surface area contributed by atoms with Gasteiger partial charge in [-0.15, -0.1) is 0 Å². The number of carbonyl (C=O) groups is 2. The number of nitrogens with one attached hydrogen (secondary N) is 1. The molecule has 5 heteroatoms. The van der Waals surface area contributed by atoms with Crippen molar-refractivity contribution >= 4 is 22.8 Å². The Morgan fingerprint density at radius 1 is 1.00 bits per heavy atom. The van der Waals surface area contributed by atoms with Gasteiger partial charge in [-0.25, -0.2) is 0 Å². The molecule has 1 aromatic heterocycles. The molecule has 1 saturated heterocycles.